The molecule has 18 heavy (non-hydrogen) atoms. The molecule has 1 aromatic carbocycles. The maximum atomic E-state index is 12.2. The van der Waals surface area contributed by atoms with Crippen LogP contribution in [0, 0.1) is 17.0 Å². The quantitative estimate of drug-likeness (QED) is 0.503. The number of hydrogen-bond donors (Lipinski definition) is 0. The van der Waals surface area contributed by atoms with Crippen LogP contribution in [0.4, 0.5) is 5.69 Å². The highest BCUT2D eigenvalue weighted by Crippen LogP contribution is 2.48. The number of carbonyl (C=O) groups is 1. The van der Waals surface area contributed by atoms with Gasteiger partial charge in [-0.1, -0.05) is 0 Å². The molecule has 0 amide bonds. The molecule has 0 saturated heterocycles. The van der Waals surface area contributed by atoms with E-state index in [1.165, 1.54) is 17.4 Å². The number of carbonyl (C=O) groups excluding carboxylic acids is 1. The largest absolute Gasteiger partial charge is 0.289 e. The molecule has 1 aliphatic carbocycles. The predicted octanol–water partition coefficient (Wildman–Crippen LogP) is 3.94. The van der Waals surface area contributed by atoms with Crippen LogP contribution in [0.2, 0.25) is 0 Å². The second-order valence-electron chi connectivity index (χ2n) is 4.09. The van der Waals surface area contributed by atoms with E-state index < -0.39 is 4.92 Å². The molecule has 1 aromatic heterocycles. The number of rotatable bonds is 1. The summed E-state index contributed by atoms with van der Waals surface area (Å²) in [6.07, 6.45) is 0. The zero-order chi connectivity index (χ0) is 13.0. The second-order valence-corrected chi connectivity index (χ2v) is 6.52. The van der Waals surface area contributed by atoms with Gasteiger partial charge in [0, 0.05) is 17.2 Å². The minimum Gasteiger partial charge on any atom is -0.289 e. The van der Waals surface area contributed by atoms with Gasteiger partial charge in [0.25, 0.3) is 5.69 Å². The van der Waals surface area contributed by atoms with Crippen molar-refractivity contribution >= 4 is 38.7 Å². The number of halogens is 1. The van der Waals surface area contributed by atoms with Crippen LogP contribution in [0.25, 0.3) is 10.4 Å². The number of fused-ring (bicyclic) bond motifs is 3. The third kappa shape index (κ3) is 1.46. The van der Waals surface area contributed by atoms with Gasteiger partial charge >= 0.3 is 0 Å². The zero-order valence-electron chi connectivity index (χ0n) is 9.19. The first kappa shape index (κ1) is 11.6. The Morgan fingerprint density at radius 2 is 2.00 bits per heavy atom. The van der Waals surface area contributed by atoms with E-state index in [2.05, 4.69) is 15.9 Å². The van der Waals surface area contributed by atoms with E-state index in [-0.39, 0.29) is 11.5 Å². The van der Waals surface area contributed by atoms with Gasteiger partial charge in [0.1, 0.15) is 0 Å². The van der Waals surface area contributed by atoms with Crippen molar-refractivity contribution < 1.29 is 9.72 Å². The smallest absolute Gasteiger partial charge is 0.279 e. The lowest BCUT2D eigenvalue weighted by molar-refractivity contribution is -0.384. The Morgan fingerprint density at radius 1 is 1.28 bits per heavy atom. The number of ketones is 1. The van der Waals surface area contributed by atoms with Crippen molar-refractivity contribution in [2.45, 2.75) is 6.92 Å². The first-order valence-corrected chi connectivity index (χ1v) is 6.73. The summed E-state index contributed by atoms with van der Waals surface area (Å²) in [6.45, 7) is 1.75. The van der Waals surface area contributed by atoms with Gasteiger partial charge < -0.3 is 0 Å². The molecule has 3 rings (SSSR count). The van der Waals surface area contributed by atoms with Crippen LogP contribution >= 0.6 is 27.3 Å². The normalized spacial score (nSPS) is 12.4. The van der Waals surface area contributed by atoms with Crippen molar-refractivity contribution in [3.63, 3.8) is 0 Å². The average molecular weight is 324 g/mol. The fourth-order valence-corrected chi connectivity index (χ4v) is 3.85. The van der Waals surface area contributed by atoms with Gasteiger partial charge in [0.15, 0.2) is 5.78 Å². The number of nitro groups is 1. The highest BCUT2D eigenvalue weighted by Gasteiger charge is 2.35. The molecule has 0 aliphatic heterocycles. The molecule has 1 aliphatic rings. The number of thiophene rings is 1. The molecule has 0 unspecified atom stereocenters. The fourth-order valence-electron chi connectivity index (χ4n) is 2.19. The maximum Gasteiger partial charge on any atom is 0.279 e. The molecule has 6 heteroatoms. The van der Waals surface area contributed by atoms with Crippen LogP contribution < -0.4 is 0 Å². The molecule has 0 bridgehead atoms. The van der Waals surface area contributed by atoms with E-state index in [0.717, 1.165) is 9.35 Å². The Morgan fingerprint density at radius 3 is 2.67 bits per heavy atom. The molecule has 2 aromatic rings. The second kappa shape index (κ2) is 3.73. The molecule has 90 valence electrons. The van der Waals surface area contributed by atoms with Crippen molar-refractivity contribution in [3.05, 3.63) is 48.8 Å². The summed E-state index contributed by atoms with van der Waals surface area (Å²) >= 11 is 4.66. The predicted molar refractivity (Wildman–Crippen MR) is 72.3 cm³/mol. The molecule has 1 heterocycles. The van der Waals surface area contributed by atoms with Gasteiger partial charge in [-0.25, -0.2) is 0 Å². The Kier molecular flexibility index (Phi) is 2.39. The minimum absolute atomic E-state index is 0.00597. The van der Waals surface area contributed by atoms with E-state index in [1.807, 2.05) is 0 Å². The fraction of sp³-hybridized carbons (Fsp3) is 0.0833. The van der Waals surface area contributed by atoms with Gasteiger partial charge in [-0.15, -0.1) is 11.3 Å². The highest BCUT2D eigenvalue weighted by molar-refractivity contribution is 9.11. The van der Waals surface area contributed by atoms with E-state index in [4.69, 9.17) is 0 Å². The van der Waals surface area contributed by atoms with Crippen LogP contribution in [-0.2, 0) is 0 Å². The highest BCUT2D eigenvalue weighted by atomic mass is 79.9. The average Bonchev–Trinajstić information content (AvgIpc) is 2.77. The monoisotopic (exact) mass is 323 g/mol. The number of nitro benzene ring substituents is 1. The Balaban J connectivity index is 2.42. The molecule has 0 fully saturated rings. The van der Waals surface area contributed by atoms with Gasteiger partial charge in [-0.3, -0.25) is 14.9 Å². The van der Waals surface area contributed by atoms with Crippen LogP contribution in [0.3, 0.4) is 0 Å². The Labute approximate surface area is 115 Å². The van der Waals surface area contributed by atoms with E-state index in [9.17, 15) is 14.9 Å². The van der Waals surface area contributed by atoms with Crippen molar-refractivity contribution in [2.75, 3.05) is 0 Å². The van der Waals surface area contributed by atoms with Gasteiger partial charge in [0.05, 0.1) is 19.2 Å². The lowest BCUT2D eigenvalue weighted by Gasteiger charge is -2.02. The summed E-state index contributed by atoms with van der Waals surface area (Å²) in [4.78, 5) is 23.6. The SMILES string of the molecule is Cc1cc2c(c([N+](=O)[O-])c1)-c1sc(Br)cc1C2=O. The first-order chi connectivity index (χ1) is 8.49. The maximum absolute atomic E-state index is 12.2. The van der Waals surface area contributed by atoms with E-state index in [1.54, 1.807) is 19.1 Å². The third-order valence-corrected chi connectivity index (χ3v) is 4.53. The van der Waals surface area contributed by atoms with Gasteiger partial charge in [0.2, 0.25) is 0 Å². The topological polar surface area (TPSA) is 60.2 Å². The summed E-state index contributed by atoms with van der Waals surface area (Å²) in [7, 11) is 0. The van der Waals surface area contributed by atoms with Gasteiger partial charge in [-0.2, -0.15) is 0 Å². The van der Waals surface area contributed by atoms with Crippen molar-refractivity contribution in [1.29, 1.82) is 0 Å². The molecule has 0 N–H and O–H groups in total. The van der Waals surface area contributed by atoms with Crippen LogP contribution in [0.1, 0.15) is 21.5 Å². The summed E-state index contributed by atoms with van der Waals surface area (Å²) in [6, 6.07) is 4.95. The molecular weight excluding hydrogens is 318 g/mol. The minimum atomic E-state index is -0.429. The summed E-state index contributed by atoms with van der Waals surface area (Å²) in [5, 5.41) is 11.1. The van der Waals surface area contributed by atoms with Crippen molar-refractivity contribution in [3.8, 4) is 10.4 Å². The molecular formula is C12H6BrNO3S. The molecule has 0 atom stereocenters. The van der Waals surface area contributed by atoms with Crippen LogP contribution in [0.5, 0.6) is 0 Å². The number of aryl methyl sites for hydroxylation is 1. The lowest BCUT2D eigenvalue weighted by atomic mass is 10.0. The Hall–Kier alpha value is -1.53. The van der Waals surface area contributed by atoms with Crippen molar-refractivity contribution in [2.24, 2.45) is 0 Å². The van der Waals surface area contributed by atoms with Gasteiger partial charge in [-0.05, 0) is 40.5 Å². The van der Waals surface area contributed by atoms with Crippen LogP contribution in [-0.4, -0.2) is 10.7 Å². The van der Waals surface area contributed by atoms with Crippen molar-refractivity contribution in [1.82, 2.24) is 0 Å². The molecule has 0 spiro atoms. The summed E-state index contributed by atoms with van der Waals surface area (Å²) < 4.78 is 0.807. The number of nitrogens with zero attached hydrogens (tertiary/aromatic N) is 1. The summed E-state index contributed by atoms with van der Waals surface area (Å²) in [5.74, 6) is -0.131. The summed E-state index contributed by atoms with van der Waals surface area (Å²) in [5.41, 5.74) is 2.18. The third-order valence-electron chi connectivity index (χ3n) is 2.88. The van der Waals surface area contributed by atoms with Crippen LogP contribution in [0.15, 0.2) is 22.0 Å². The lowest BCUT2D eigenvalue weighted by Crippen LogP contribution is -1.98. The number of hydrogen-bond acceptors (Lipinski definition) is 4. The molecule has 4 nitrogen and oxygen atoms in total. The first-order valence-electron chi connectivity index (χ1n) is 5.12. The number of benzene rings is 1. The van der Waals surface area contributed by atoms with E-state index in [0.29, 0.717) is 21.6 Å². The standard InChI is InChI=1S/C12H6BrNO3S/c1-5-2-6-10(8(3-5)14(16)17)12-7(11(6)15)4-9(13)18-12/h2-4H,1H3. The molecule has 0 saturated carbocycles. The van der Waals surface area contributed by atoms with E-state index >= 15 is 0 Å². The Bertz CT molecular complexity index is 720. The molecule has 0 radical (unpaired) electrons. The zero-order valence-corrected chi connectivity index (χ0v) is 11.6.